The Bertz CT molecular complexity index is 714. The average Bonchev–Trinajstić information content (AvgIpc) is 2.94. The van der Waals surface area contributed by atoms with Crippen molar-refractivity contribution in [3.63, 3.8) is 0 Å². The second-order valence-electron chi connectivity index (χ2n) is 9.24. The largest absolute Gasteiger partial charge is 0.481 e. The molecule has 4 heteroatoms. The third-order valence-electron chi connectivity index (χ3n) is 7.74. The standard InChI is InChI=1S/C23H32O4/c1-14-4-6-17-15(10-14)5-7-18-19-8-9-20(27-13-26-3)23(19,2)12-16(22(17)18)11-21(24)25/h4,6,10,16,18-20,22H,5,7-9,11-13H2,1-3H3,(H,24,25)/t16-,18?,19?,20?,22?,23?/m0/s1. The molecule has 5 unspecified atom stereocenters. The molecular weight excluding hydrogens is 340 g/mol. The van der Waals surface area contributed by atoms with Crippen LogP contribution in [0.4, 0.5) is 0 Å². The van der Waals surface area contributed by atoms with E-state index in [1.165, 1.54) is 29.5 Å². The molecule has 6 atom stereocenters. The molecule has 0 bridgehead atoms. The number of aliphatic carboxylic acids is 1. The number of carbonyl (C=O) groups is 1. The van der Waals surface area contributed by atoms with Crippen molar-refractivity contribution in [3.8, 4) is 0 Å². The fourth-order valence-corrected chi connectivity index (χ4v) is 6.82. The summed E-state index contributed by atoms with van der Waals surface area (Å²) in [5, 5.41) is 9.63. The highest BCUT2D eigenvalue weighted by atomic mass is 16.7. The van der Waals surface area contributed by atoms with Crippen LogP contribution in [0.15, 0.2) is 18.2 Å². The quantitative estimate of drug-likeness (QED) is 0.771. The van der Waals surface area contributed by atoms with E-state index in [4.69, 9.17) is 9.47 Å². The number of carboxylic acid groups (broad SMARTS) is 1. The molecule has 2 saturated carbocycles. The fourth-order valence-electron chi connectivity index (χ4n) is 6.82. The molecule has 148 valence electrons. The number of ether oxygens (including phenoxy) is 2. The van der Waals surface area contributed by atoms with Crippen molar-refractivity contribution in [2.45, 2.75) is 64.4 Å². The van der Waals surface area contributed by atoms with E-state index in [2.05, 4.69) is 32.0 Å². The number of hydrogen-bond donors (Lipinski definition) is 1. The van der Waals surface area contributed by atoms with Crippen molar-refractivity contribution < 1.29 is 19.4 Å². The van der Waals surface area contributed by atoms with E-state index in [0.29, 0.717) is 24.5 Å². The lowest BCUT2D eigenvalue weighted by Gasteiger charge is -2.54. The minimum atomic E-state index is -0.674. The molecule has 1 aromatic rings. The molecule has 1 N–H and O–H groups in total. The number of carboxylic acids is 1. The summed E-state index contributed by atoms with van der Waals surface area (Å²) in [4.78, 5) is 11.7. The Balaban J connectivity index is 1.71. The third kappa shape index (κ3) is 3.21. The Kier molecular flexibility index (Phi) is 5.06. The van der Waals surface area contributed by atoms with Gasteiger partial charge in [0.15, 0.2) is 0 Å². The van der Waals surface area contributed by atoms with Gasteiger partial charge in [-0.25, -0.2) is 0 Å². The predicted molar refractivity (Wildman–Crippen MR) is 104 cm³/mol. The van der Waals surface area contributed by atoms with Crippen molar-refractivity contribution in [3.05, 3.63) is 34.9 Å². The van der Waals surface area contributed by atoms with E-state index in [9.17, 15) is 9.90 Å². The first-order chi connectivity index (χ1) is 12.9. The van der Waals surface area contributed by atoms with Gasteiger partial charge in [0, 0.05) is 13.5 Å². The zero-order valence-corrected chi connectivity index (χ0v) is 16.7. The van der Waals surface area contributed by atoms with Crippen molar-refractivity contribution >= 4 is 5.97 Å². The lowest BCUT2D eigenvalue weighted by molar-refractivity contribution is -0.146. The van der Waals surface area contributed by atoms with E-state index >= 15 is 0 Å². The Morgan fingerprint density at radius 3 is 2.85 bits per heavy atom. The summed E-state index contributed by atoms with van der Waals surface area (Å²) in [6, 6.07) is 6.80. The zero-order chi connectivity index (χ0) is 19.2. The molecule has 0 radical (unpaired) electrons. The van der Waals surface area contributed by atoms with Crippen molar-refractivity contribution in [1.82, 2.24) is 0 Å². The second kappa shape index (κ2) is 7.21. The summed E-state index contributed by atoms with van der Waals surface area (Å²) in [6.07, 6.45) is 5.92. The molecule has 27 heavy (non-hydrogen) atoms. The van der Waals surface area contributed by atoms with Crippen molar-refractivity contribution in [2.24, 2.45) is 23.2 Å². The van der Waals surface area contributed by atoms with E-state index in [0.717, 1.165) is 19.3 Å². The summed E-state index contributed by atoms with van der Waals surface area (Å²) in [6.45, 7) is 4.82. The van der Waals surface area contributed by atoms with Crippen LogP contribution >= 0.6 is 0 Å². The first-order valence-electron chi connectivity index (χ1n) is 10.4. The van der Waals surface area contributed by atoms with E-state index in [1.54, 1.807) is 7.11 Å². The second-order valence-corrected chi connectivity index (χ2v) is 9.24. The Labute approximate surface area is 162 Å². The van der Waals surface area contributed by atoms with Gasteiger partial charge in [-0.2, -0.15) is 0 Å². The molecule has 0 aromatic heterocycles. The SMILES string of the molecule is COCOC1CCC2C3CCc4cc(C)ccc4C3[C@@H](CC(=O)O)CC12C. The molecule has 3 aliphatic carbocycles. The number of benzene rings is 1. The molecule has 0 spiro atoms. The Hall–Kier alpha value is -1.39. The summed E-state index contributed by atoms with van der Waals surface area (Å²) < 4.78 is 11.2. The molecule has 2 fully saturated rings. The highest BCUT2D eigenvalue weighted by Gasteiger charge is 2.58. The van der Waals surface area contributed by atoms with Gasteiger partial charge in [-0.3, -0.25) is 4.79 Å². The van der Waals surface area contributed by atoms with Crippen LogP contribution in [0.1, 0.15) is 61.6 Å². The smallest absolute Gasteiger partial charge is 0.303 e. The topological polar surface area (TPSA) is 55.8 Å². The van der Waals surface area contributed by atoms with Crippen molar-refractivity contribution in [2.75, 3.05) is 13.9 Å². The van der Waals surface area contributed by atoms with Gasteiger partial charge >= 0.3 is 5.97 Å². The third-order valence-corrected chi connectivity index (χ3v) is 7.74. The summed E-state index contributed by atoms with van der Waals surface area (Å²) in [5.74, 6) is 1.07. The maximum absolute atomic E-state index is 11.7. The number of hydrogen-bond acceptors (Lipinski definition) is 3. The number of aryl methyl sites for hydroxylation is 2. The summed E-state index contributed by atoms with van der Waals surface area (Å²) in [5.41, 5.74) is 4.23. The maximum atomic E-state index is 11.7. The number of fused-ring (bicyclic) bond motifs is 5. The van der Waals surface area contributed by atoms with E-state index < -0.39 is 5.97 Å². The molecule has 4 rings (SSSR count). The van der Waals surface area contributed by atoms with Gasteiger partial charge in [0.25, 0.3) is 0 Å². The van der Waals surface area contributed by atoms with Gasteiger partial charge in [0.05, 0.1) is 6.10 Å². The normalized spacial score (nSPS) is 37.4. The maximum Gasteiger partial charge on any atom is 0.303 e. The van der Waals surface area contributed by atoms with Crippen LogP contribution in [0.2, 0.25) is 0 Å². The van der Waals surface area contributed by atoms with Crippen LogP contribution in [0.5, 0.6) is 0 Å². The molecule has 0 aliphatic heterocycles. The highest BCUT2D eigenvalue weighted by Crippen LogP contribution is 2.63. The van der Waals surface area contributed by atoms with Crippen LogP contribution in [0.25, 0.3) is 0 Å². The zero-order valence-electron chi connectivity index (χ0n) is 16.7. The molecule has 0 saturated heterocycles. The Morgan fingerprint density at radius 2 is 2.11 bits per heavy atom. The lowest BCUT2D eigenvalue weighted by atomic mass is 9.51. The summed E-state index contributed by atoms with van der Waals surface area (Å²) in [7, 11) is 1.67. The van der Waals surface area contributed by atoms with Gasteiger partial charge in [-0.05, 0) is 79.2 Å². The van der Waals surface area contributed by atoms with Gasteiger partial charge in [-0.15, -0.1) is 0 Å². The molecule has 3 aliphatic rings. The first-order valence-corrected chi connectivity index (χ1v) is 10.4. The average molecular weight is 373 g/mol. The molecule has 1 aromatic carbocycles. The van der Waals surface area contributed by atoms with Gasteiger partial charge in [0.2, 0.25) is 0 Å². The first kappa shape index (κ1) is 18.9. The van der Waals surface area contributed by atoms with Crippen molar-refractivity contribution in [1.29, 1.82) is 0 Å². The molecule has 0 heterocycles. The Morgan fingerprint density at radius 1 is 1.30 bits per heavy atom. The summed E-state index contributed by atoms with van der Waals surface area (Å²) >= 11 is 0. The number of rotatable bonds is 5. The molecule has 0 amide bonds. The van der Waals surface area contributed by atoms with Gasteiger partial charge in [-0.1, -0.05) is 30.7 Å². The van der Waals surface area contributed by atoms with Crippen LogP contribution < -0.4 is 0 Å². The minimum absolute atomic E-state index is 0.0576. The lowest BCUT2D eigenvalue weighted by Crippen LogP contribution is -2.49. The number of methoxy groups -OCH3 is 1. The minimum Gasteiger partial charge on any atom is -0.481 e. The van der Waals surface area contributed by atoms with E-state index in [-0.39, 0.29) is 23.9 Å². The predicted octanol–water partition coefficient (Wildman–Crippen LogP) is 4.54. The highest BCUT2D eigenvalue weighted by molar-refractivity contribution is 5.67. The van der Waals surface area contributed by atoms with Crippen LogP contribution in [-0.4, -0.2) is 31.1 Å². The monoisotopic (exact) mass is 372 g/mol. The van der Waals surface area contributed by atoms with Crippen LogP contribution in [0.3, 0.4) is 0 Å². The van der Waals surface area contributed by atoms with Gasteiger partial charge < -0.3 is 14.6 Å². The molecule has 4 nitrogen and oxygen atoms in total. The van der Waals surface area contributed by atoms with Gasteiger partial charge in [0.1, 0.15) is 6.79 Å². The van der Waals surface area contributed by atoms with Crippen LogP contribution in [0, 0.1) is 30.1 Å². The fraction of sp³-hybridized carbons (Fsp3) is 0.696. The van der Waals surface area contributed by atoms with E-state index in [1.807, 2.05) is 0 Å². The van der Waals surface area contributed by atoms with Crippen LogP contribution in [-0.2, 0) is 20.7 Å². The molecular formula is C23H32O4.